The van der Waals surface area contributed by atoms with Crippen molar-refractivity contribution in [1.29, 1.82) is 0 Å². The van der Waals surface area contributed by atoms with Crippen molar-refractivity contribution in [1.82, 2.24) is 5.32 Å². The normalized spacial score (nSPS) is 57.7. The van der Waals surface area contributed by atoms with Crippen molar-refractivity contribution in [3.8, 4) is 0 Å². The molecule has 0 aromatic heterocycles. The topological polar surface area (TPSA) is 12.0 Å². The lowest BCUT2D eigenvalue weighted by Crippen LogP contribution is -2.38. The fourth-order valence-electron chi connectivity index (χ4n) is 4.40. The van der Waals surface area contributed by atoms with Crippen molar-refractivity contribution in [2.45, 2.75) is 50.6 Å². The maximum atomic E-state index is 3.89. The molecule has 0 heterocycles. The standard InChI is InChI=1S/C12H19N/c1-2-9(3-1)13-12-10-7-4-5-8(6-7)11(10)12/h7-13H,1-6H2. The highest BCUT2D eigenvalue weighted by molar-refractivity contribution is 5.17. The molecular formula is C12H19N. The van der Waals surface area contributed by atoms with Gasteiger partial charge in [0.05, 0.1) is 0 Å². The molecule has 2 bridgehead atoms. The second-order valence-electron chi connectivity index (χ2n) is 5.81. The molecule has 0 radical (unpaired) electrons. The van der Waals surface area contributed by atoms with E-state index < -0.39 is 0 Å². The molecule has 4 unspecified atom stereocenters. The van der Waals surface area contributed by atoms with Crippen LogP contribution in [0, 0.1) is 23.7 Å². The van der Waals surface area contributed by atoms with E-state index in [1.807, 2.05) is 0 Å². The van der Waals surface area contributed by atoms with Crippen molar-refractivity contribution < 1.29 is 0 Å². The van der Waals surface area contributed by atoms with Gasteiger partial charge < -0.3 is 5.32 Å². The Morgan fingerprint density at radius 1 is 0.846 bits per heavy atom. The third-order valence-corrected chi connectivity index (χ3v) is 5.27. The molecular weight excluding hydrogens is 158 g/mol. The van der Waals surface area contributed by atoms with E-state index in [1.165, 1.54) is 19.3 Å². The average Bonchev–Trinajstić information content (AvgIpc) is 2.50. The lowest BCUT2D eigenvalue weighted by molar-refractivity contribution is 0.311. The van der Waals surface area contributed by atoms with E-state index in [9.17, 15) is 0 Å². The smallest absolute Gasteiger partial charge is 0.0138 e. The molecule has 4 aliphatic carbocycles. The fourth-order valence-corrected chi connectivity index (χ4v) is 4.40. The van der Waals surface area contributed by atoms with Gasteiger partial charge in [0.15, 0.2) is 0 Å². The highest BCUT2D eigenvalue weighted by Gasteiger charge is 2.65. The molecule has 0 aromatic carbocycles. The van der Waals surface area contributed by atoms with Gasteiger partial charge in [-0.3, -0.25) is 0 Å². The number of nitrogens with one attached hydrogen (secondary N) is 1. The summed E-state index contributed by atoms with van der Waals surface area (Å²) in [5.74, 6) is 4.57. The summed E-state index contributed by atoms with van der Waals surface area (Å²) < 4.78 is 0. The summed E-state index contributed by atoms with van der Waals surface area (Å²) >= 11 is 0. The Labute approximate surface area is 80.3 Å². The van der Waals surface area contributed by atoms with Crippen molar-refractivity contribution in [2.75, 3.05) is 0 Å². The lowest BCUT2D eigenvalue weighted by Gasteiger charge is -2.28. The van der Waals surface area contributed by atoms with Gasteiger partial charge in [0.1, 0.15) is 0 Å². The van der Waals surface area contributed by atoms with Gasteiger partial charge in [0.25, 0.3) is 0 Å². The van der Waals surface area contributed by atoms with E-state index >= 15 is 0 Å². The van der Waals surface area contributed by atoms with Crippen LogP contribution >= 0.6 is 0 Å². The Morgan fingerprint density at radius 3 is 2.08 bits per heavy atom. The number of rotatable bonds is 2. The predicted molar refractivity (Wildman–Crippen MR) is 52.4 cm³/mol. The molecule has 0 spiro atoms. The minimum absolute atomic E-state index is 0.926. The van der Waals surface area contributed by atoms with Crippen LogP contribution in [-0.4, -0.2) is 12.1 Å². The van der Waals surface area contributed by atoms with Crippen LogP contribution in [0.1, 0.15) is 38.5 Å². The molecule has 0 saturated heterocycles. The van der Waals surface area contributed by atoms with Crippen molar-refractivity contribution in [3.63, 3.8) is 0 Å². The summed E-state index contributed by atoms with van der Waals surface area (Å²) in [7, 11) is 0. The molecule has 13 heavy (non-hydrogen) atoms. The van der Waals surface area contributed by atoms with Crippen molar-refractivity contribution in [3.05, 3.63) is 0 Å². The fraction of sp³-hybridized carbons (Fsp3) is 1.00. The van der Waals surface area contributed by atoms with Gasteiger partial charge in [-0.1, -0.05) is 6.42 Å². The first-order chi connectivity index (χ1) is 6.43. The van der Waals surface area contributed by atoms with Crippen LogP contribution in [0.5, 0.6) is 0 Å². The minimum Gasteiger partial charge on any atom is -0.311 e. The van der Waals surface area contributed by atoms with E-state index in [-0.39, 0.29) is 0 Å². The summed E-state index contributed by atoms with van der Waals surface area (Å²) in [5.41, 5.74) is 0. The number of hydrogen-bond donors (Lipinski definition) is 1. The second-order valence-corrected chi connectivity index (χ2v) is 5.81. The first-order valence-electron chi connectivity index (χ1n) is 6.19. The first kappa shape index (κ1) is 7.28. The molecule has 4 saturated carbocycles. The Morgan fingerprint density at radius 2 is 1.54 bits per heavy atom. The van der Waals surface area contributed by atoms with Crippen LogP contribution in [0.25, 0.3) is 0 Å². The molecule has 72 valence electrons. The molecule has 4 aliphatic rings. The first-order valence-corrected chi connectivity index (χ1v) is 6.19. The van der Waals surface area contributed by atoms with Gasteiger partial charge in [-0.15, -0.1) is 0 Å². The van der Waals surface area contributed by atoms with Crippen LogP contribution < -0.4 is 5.32 Å². The van der Waals surface area contributed by atoms with Gasteiger partial charge in [0.2, 0.25) is 0 Å². The van der Waals surface area contributed by atoms with E-state index in [2.05, 4.69) is 5.32 Å². The quantitative estimate of drug-likeness (QED) is 0.681. The second kappa shape index (κ2) is 2.31. The Kier molecular flexibility index (Phi) is 1.29. The third-order valence-electron chi connectivity index (χ3n) is 5.27. The van der Waals surface area contributed by atoms with E-state index in [4.69, 9.17) is 0 Å². The molecule has 1 N–H and O–H groups in total. The average molecular weight is 177 g/mol. The van der Waals surface area contributed by atoms with Gasteiger partial charge in [-0.05, 0) is 55.8 Å². The van der Waals surface area contributed by atoms with Crippen LogP contribution in [0.2, 0.25) is 0 Å². The molecule has 1 nitrogen and oxygen atoms in total. The van der Waals surface area contributed by atoms with Crippen LogP contribution in [0.4, 0.5) is 0 Å². The van der Waals surface area contributed by atoms with Gasteiger partial charge in [-0.25, -0.2) is 0 Å². The molecule has 4 atom stereocenters. The summed E-state index contributed by atoms with van der Waals surface area (Å²) in [6.07, 6.45) is 9.13. The summed E-state index contributed by atoms with van der Waals surface area (Å²) in [6, 6.07) is 1.91. The van der Waals surface area contributed by atoms with Crippen LogP contribution in [-0.2, 0) is 0 Å². The Hall–Kier alpha value is -0.0400. The van der Waals surface area contributed by atoms with E-state index in [0.29, 0.717) is 0 Å². The Balaban J connectivity index is 1.44. The zero-order valence-electron chi connectivity index (χ0n) is 8.21. The summed E-state index contributed by atoms with van der Waals surface area (Å²) in [4.78, 5) is 0. The highest BCUT2D eigenvalue weighted by atomic mass is 15.1. The largest absolute Gasteiger partial charge is 0.311 e. The third kappa shape index (κ3) is 0.869. The van der Waals surface area contributed by atoms with Gasteiger partial charge >= 0.3 is 0 Å². The van der Waals surface area contributed by atoms with Crippen LogP contribution in [0.3, 0.4) is 0 Å². The van der Waals surface area contributed by atoms with Crippen molar-refractivity contribution in [2.24, 2.45) is 23.7 Å². The van der Waals surface area contributed by atoms with E-state index in [0.717, 1.165) is 35.8 Å². The SMILES string of the molecule is C1CC(NC2C3C4CCC(C4)C23)C1. The summed E-state index contributed by atoms with van der Waals surface area (Å²) in [5, 5.41) is 3.89. The predicted octanol–water partition coefficient (Wildman–Crippen LogP) is 2.17. The molecule has 0 amide bonds. The van der Waals surface area contributed by atoms with Crippen molar-refractivity contribution >= 4 is 0 Å². The molecule has 4 rings (SSSR count). The maximum absolute atomic E-state index is 3.89. The van der Waals surface area contributed by atoms with E-state index in [1.54, 1.807) is 19.3 Å². The number of fused-ring (bicyclic) bond motifs is 5. The lowest BCUT2D eigenvalue weighted by atomic mass is 9.92. The van der Waals surface area contributed by atoms with Crippen LogP contribution in [0.15, 0.2) is 0 Å². The molecule has 1 heteroatoms. The zero-order chi connectivity index (χ0) is 8.41. The maximum Gasteiger partial charge on any atom is 0.0138 e. The zero-order valence-corrected chi connectivity index (χ0v) is 8.21. The molecule has 0 aliphatic heterocycles. The highest BCUT2D eigenvalue weighted by Crippen LogP contribution is 2.65. The van der Waals surface area contributed by atoms with Gasteiger partial charge in [0, 0.05) is 12.1 Å². The Bertz CT molecular complexity index is 217. The molecule has 4 fully saturated rings. The monoisotopic (exact) mass is 177 g/mol. The number of hydrogen-bond acceptors (Lipinski definition) is 1. The summed E-state index contributed by atoms with van der Waals surface area (Å²) in [6.45, 7) is 0. The molecule has 0 aromatic rings. The minimum atomic E-state index is 0.926. The van der Waals surface area contributed by atoms with Gasteiger partial charge in [-0.2, -0.15) is 0 Å².